The summed E-state index contributed by atoms with van der Waals surface area (Å²) in [5, 5.41) is 6.79. The van der Waals surface area contributed by atoms with Gasteiger partial charge in [-0.15, -0.1) is 0 Å². The Labute approximate surface area is 181 Å². The van der Waals surface area contributed by atoms with Gasteiger partial charge in [-0.05, 0) is 56.3 Å². The zero-order valence-electron chi connectivity index (χ0n) is 17.9. The highest BCUT2D eigenvalue weighted by atomic mass is 16.5. The molecule has 0 spiro atoms. The summed E-state index contributed by atoms with van der Waals surface area (Å²) < 4.78 is 10.4. The first-order valence-corrected chi connectivity index (χ1v) is 10.2. The van der Waals surface area contributed by atoms with Gasteiger partial charge in [0.2, 0.25) is 17.6 Å². The van der Waals surface area contributed by atoms with Gasteiger partial charge >= 0.3 is 0 Å². The number of ether oxygens (including phenoxy) is 1. The normalized spacial score (nSPS) is 10.5. The first-order valence-electron chi connectivity index (χ1n) is 10.2. The number of anilines is 1. The second-order valence-electron chi connectivity index (χ2n) is 6.85. The summed E-state index contributed by atoms with van der Waals surface area (Å²) >= 11 is 0. The van der Waals surface area contributed by atoms with E-state index in [1.807, 2.05) is 38.1 Å². The summed E-state index contributed by atoms with van der Waals surface area (Å²) in [5.41, 5.74) is 1.92. The zero-order chi connectivity index (χ0) is 22.2. The lowest BCUT2D eigenvalue weighted by atomic mass is 10.1. The molecule has 162 valence electrons. The summed E-state index contributed by atoms with van der Waals surface area (Å²) in [6.45, 7) is 5.14. The fraction of sp³-hybridized carbons (Fsp3) is 0.304. The van der Waals surface area contributed by atoms with Crippen molar-refractivity contribution in [2.45, 2.75) is 26.7 Å². The minimum absolute atomic E-state index is 0.0574. The van der Waals surface area contributed by atoms with Crippen molar-refractivity contribution in [1.29, 1.82) is 0 Å². The highest BCUT2D eigenvalue weighted by molar-refractivity contribution is 5.97. The third-order valence-electron chi connectivity index (χ3n) is 4.83. The second-order valence-corrected chi connectivity index (χ2v) is 6.85. The summed E-state index contributed by atoms with van der Waals surface area (Å²) in [4.78, 5) is 30.9. The highest BCUT2D eigenvalue weighted by Gasteiger charge is 2.14. The number of methoxy groups -OCH3 is 1. The number of aromatic nitrogens is 2. The Morgan fingerprint density at radius 1 is 1.10 bits per heavy atom. The molecule has 0 aliphatic carbocycles. The van der Waals surface area contributed by atoms with E-state index in [1.165, 1.54) is 0 Å². The molecule has 1 aromatic heterocycles. The van der Waals surface area contributed by atoms with Gasteiger partial charge in [0, 0.05) is 42.7 Å². The first-order chi connectivity index (χ1) is 15.0. The van der Waals surface area contributed by atoms with E-state index in [-0.39, 0.29) is 18.2 Å². The number of benzene rings is 2. The number of aryl methyl sites for hydroxylation is 1. The largest absolute Gasteiger partial charge is 0.497 e. The van der Waals surface area contributed by atoms with E-state index in [1.54, 1.807) is 36.3 Å². The molecular formula is C23H26N4O4. The number of carbonyl (C=O) groups excluding carboxylic acids is 2. The molecule has 3 aromatic rings. The molecule has 3 rings (SSSR count). The molecule has 0 atom stereocenters. The van der Waals surface area contributed by atoms with Crippen molar-refractivity contribution in [2.24, 2.45) is 0 Å². The number of hydrogen-bond acceptors (Lipinski definition) is 6. The van der Waals surface area contributed by atoms with Gasteiger partial charge in [0.15, 0.2) is 0 Å². The Hall–Kier alpha value is -3.68. The number of amides is 2. The van der Waals surface area contributed by atoms with Crippen molar-refractivity contribution < 1.29 is 18.8 Å². The Kier molecular flexibility index (Phi) is 7.37. The number of hydrogen-bond donors (Lipinski definition) is 1. The van der Waals surface area contributed by atoms with Gasteiger partial charge in [-0.25, -0.2) is 0 Å². The van der Waals surface area contributed by atoms with E-state index in [0.29, 0.717) is 42.5 Å². The molecule has 1 N–H and O–H groups in total. The van der Waals surface area contributed by atoms with E-state index >= 15 is 0 Å². The van der Waals surface area contributed by atoms with Crippen LogP contribution >= 0.6 is 0 Å². The lowest BCUT2D eigenvalue weighted by molar-refractivity contribution is -0.116. The lowest BCUT2D eigenvalue weighted by Gasteiger charge is -2.19. The summed E-state index contributed by atoms with van der Waals surface area (Å²) in [5.74, 6) is 1.33. The number of nitrogens with one attached hydrogen (secondary N) is 1. The first kappa shape index (κ1) is 22.0. The third kappa shape index (κ3) is 5.69. The average molecular weight is 422 g/mol. The fourth-order valence-electron chi connectivity index (χ4n) is 3.08. The number of rotatable bonds is 9. The Morgan fingerprint density at radius 2 is 1.84 bits per heavy atom. The van der Waals surface area contributed by atoms with E-state index < -0.39 is 0 Å². The van der Waals surface area contributed by atoms with Crippen molar-refractivity contribution in [2.75, 3.05) is 25.5 Å². The van der Waals surface area contributed by atoms with Crippen LogP contribution in [0.15, 0.2) is 53.1 Å². The van der Waals surface area contributed by atoms with Gasteiger partial charge in [0.1, 0.15) is 5.75 Å². The molecule has 8 nitrogen and oxygen atoms in total. The molecular weight excluding hydrogens is 396 g/mol. The predicted octanol–water partition coefficient (Wildman–Crippen LogP) is 3.80. The van der Waals surface area contributed by atoms with Crippen LogP contribution in [-0.4, -0.2) is 47.1 Å². The second kappa shape index (κ2) is 10.4. The SMILES string of the molecule is CCN(CC)C(=O)c1cccc(NC(=O)CCc2nc(-c3ccc(OC)cc3)no2)c1. The molecule has 8 heteroatoms. The van der Waals surface area contributed by atoms with Gasteiger partial charge in [-0.1, -0.05) is 11.2 Å². The van der Waals surface area contributed by atoms with Crippen molar-refractivity contribution in [1.82, 2.24) is 15.0 Å². The molecule has 31 heavy (non-hydrogen) atoms. The smallest absolute Gasteiger partial charge is 0.253 e. The van der Waals surface area contributed by atoms with Crippen LogP contribution < -0.4 is 10.1 Å². The van der Waals surface area contributed by atoms with Crippen LogP contribution in [0.5, 0.6) is 5.75 Å². The fourth-order valence-corrected chi connectivity index (χ4v) is 3.08. The Balaban J connectivity index is 1.56. The molecule has 0 aliphatic heterocycles. The predicted molar refractivity (Wildman–Crippen MR) is 117 cm³/mol. The molecule has 0 fully saturated rings. The Bertz CT molecular complexity index is 1030. The molecule has 2 aromatic carbocycles. The van der Waals surface area contributed by atoms with Crippen LogP contribution in [0.3, 0.4) is 0 Å². The molecule has 0 saturated carbocycles. The van der Waals surface area contributed by atoms with Crippen LogP contribution in [0.25, 0.3) is 11.4 Å². The van der Waals surface area contributed by atoms with Gasteiger partial charge in [-0.2, -0.15) is 4.98 Å². The van der Waals surface area contributed by atoms with Crippen molar-refractivity contribution in [3.8, 4) is 17.1 Å². The minimum Gasteiger partial charge on any atom is -0.497 e. The van der Waals surface area contributed by atoms with Crippen molar-refractivity contribution in [3.63, 3.8) is 0 Å². The quantitative estimate of drug-likeness (QED) is 0.563. The molecule has 0 aliphatic rings. The lowest BCUT2D eigenvalue weighted by Crippen LogP contribution is -2.30. The number of carbonyl (C=O) groups is 2. The number of nitrogens with zero attached hydrogens (tertiary/aromatic N) is 3. The van der Waals surface area contributed by atoms with Gasteiger partial charge in [-0.3, -0.25) is 9.59 Å². The molecule has 0 bridgehead atoms. The maximum Gasteiger partial charge on any atom is 0.253 e. The Morgan fingerprint density at radius 3 is 2.52 bits per heavy atom. The topological polar surface area (TPSA) is 97.6 Å². The van der Waals surface area contributed by atoms with Crippen LogP contribution in [-0.2, 0) is 11.2 Å². The zero-order valence-corrected chi connectivity index (χ0v) is 17.9. The molecule has 1 heterocycles. The standard InChI is InChI=1S/C23H26N4O4/c1-4-27(5-2)23(29)17-7-6-8-18(15-17)24-20(28)13-14-21-25-22(26-31-21)16-9-11-19(30-3)12-10-16/h6-12,15H,4-5,13-14H2,1-3H3,(H,24,28). The van der Waals surface area contributed by atoms with E-state index in [2.05, 4.69) is 15.5 Å². The van der Waals surface area contributed by atoms with Crippen LogP contribution in [0, 0.1) is 0 Å². The van der Waals surface area contributed by atoms with Crippen molar-refractivity contribution in [3.05, 3.63) is 60.0 Å². The van der Waals surface area contributed by atoms with Gasteiger partial charge in [0.05, 0.1) is 7.11 Å². The maximum absolute atomic E-state index is 12.5. The monoisotopic (exact) mass is 422 g/mol. The van der Waals surface area contributed by atoms with E-state index in [9.17, 15) is 9.59 Å². The molecule has 0 radical (unpaired) electrons. The van der Waals surface area contributed by atoms with Gasteiger partial charge < -0.3 is 19.5 Å². The molecule has 0 saturated heterocycles. The summed E-state index contributed by atoms with van der Waals surface area (Å²) in [7, 11) is 1.60. The summed E-state index contributed by atoms with van der Waals surface area (Å²) in [6, 6.07) is 14.3. The summed E-state index contributed by atoms with van der Waals surface area (Å²) in [6.07, 6.45) is 0.492. The van der Waals surface area contributed by atoms with Crippen LogP contribution in [0.4, 0.5) is 5.69 Å². The maximum atomic E-state index is 12.5. The van der Waals surface area contributed by atoms with Crippen molar-refractivity contribution >= 4 is 17.5 Å². The minimum atomic E-state index is -0.198. The average Bonchev–Trinajstić information content (AvgIpc) is 3.28. The van der Waals surface area contributed by atoms with Crippen LogP contribution in [0.2, 0.25) is 0 Å². The highest BCUT2D eigenvalue weighted by Crippen LogP contribution is 2.20. The van der Waals surface area contributed by atoms with E-state index in [0.717, 1.165) is 11.3 Å². The molecule has 0 unspecified atom stereocenters. The third-order valence-corrected chi connectivity index (χ3v) is 4.83. The van der Waals surface area contributed by atoms with Gasteiger partial charge in [0.25, 0.3) is 5.91 Å². The molecule has 2 amide bonds. The van der Waals surface area contributed by atoms with Crippen LogP contribution in [0.1, 0.15) is 36.5 Å². The van der Waals surface area contributed by atoms with E-state index in [4.69, 9.17) is 9.26 Å².